The lowest BCUT2D eigenvalue weighted by molar-refractivity contribution is -0.139. The summed E-state index contributed by atoms with van der Waals surface area (Å²) in [6, 6.07) is 4.10. The summed E-state index contributed by atoms with van der Waals surface area (Å²) in [6.07, 6.45) is -4.87. The SMILES string of the molecule is COC(=O)c1cc(F)c(C(F)(F)F)cc1Nc1cccc(F)c1C=O. The van der Waals surface area contributed by atoms with Crippen molar-refractivity contribution in [2.75, 3.05) is 12.4 Å². The van der Waals surface area contributed by atoms with E-state index in [4.69, 9.17) is 0 Å². The minimum atomic E-state index is -5.02. The maximum absolute atomic E-state index is 13.7. The van der Waals surface area contributed by atoms with Gasteiger partial charge in [-0.05, 0) is 24.3 Å². The summed E-state index contributed by atoms with van der Waals surface area (Å²) in [5.74, 6) is -3.70. The molecule has 0 aliphatic carbocycles. The molecule has 0 aliphatic rings. The average molecular weight is 359 g/mol. The normalized spacial score (nSPS) is 11.1. The highest BCUT2D eigenvalue weighted by Crippen LogP contribution is 2.36. The number of hydrogen-bond donors (Lipinski definition) is 1. The average Bonchev–Trinajstić information content (AvgIpc) is 2.54. The van der Waals surface area contributed by atoms with E-state index in [1.807, 2.05) is 0 Å². The Morgan fingerprint density at radius 2 is 1.80 bits per heavy atom. The molecule has 0 bridgehead atoms. The van der Waals surface area contributed by atoms with Crippen molar-refractivity contribution in [3.05, 3.63) is 58.7 Å². The van der Waals surface area contributed by atoms with Gasteiger partial charge in [-0.15, -0.1) is 0 Å². The third kappa shape index (κ3) is 3.76. The number of carbonyl (C=O) groups excluding carboxylic acids is 2. The first-order valence-corrected chi connectivity index (χ1v) is 6.68. The molecule has 4 nitrogen and oxygen atoms in total. The van der Waals surface area contributed by atoms with E-state index in [9.17, 15) is 31.5 Å². The molecule has 25 heavy (non-hydrogen) atoms. The quantitative estimate of drug-likeness (QED) is 0.502. The number of ether oxygens (including phenoxy) is 1. The number of carbonyl (C=O) groups is 2. The van der Waals surface area contributed by atoms with Gasteiger partial charge in [-0.2, -0.15) is 13.2 Å². The molecule has 0 saturated carbocycles. The Kier molecular flexibility index (Phi) is 5.05. The zero-order valence-electron chi connectivity index (χ0n) is 12.6. The van der Waals surface area contributed by atoms with Gasteiger partial charge in [-0.3, -0.25) is 4.79 Å². The minimum Gasteiger partial charge on any atom is -0.465 e. The smallest absolute Gasteiger partial charge is 0.419 e. The second-order valence-electron chi connectivity index (χ2n) is 4.81. The number of esters is 1. The van der Waals surface area contributed by atoms with E-state index in [1.54, 1.807) is 0 Å². The monoisotopic (exact) mass is 359 g/mol. The molecule has 9 heteroatoms. The molecule has 0 radical (unpaired) electrons. The summed E-state index contributed by atoms with van der Waals surface area (Å²) in [7, 11) is 0.959. The third-order valence-electron chi connectivity index (χ3n) is 3.26. The Morgan fingerprint density at radius 3 is 2.36 bits per heavy atom. The minimum absolute atomic E-state index is 0.156. The van der Waals surface area contributed by atoms with Crippen LogP contribution in [0.15, 0.2) is 30.3 Å². The molecule has 0 saturated heterocycles. The van der Waals surface area contributed by atoms with Crippen LogP contribution >= 0.6 is 0 Å². The van der Waals surface area contributed by atoms with Crippen LogP contribution < -0.4 is 5.32 Å². The second kappa shape index (κ2) is 6.88. The first kappa shape index (κ1) is 18.4. The highest BCUT2D eigenvalue weighted by Gasteiger charge is 2.35. The number of anilines is 2. The largest absolute Gasteiger partial charge is 0.465 e. The summed E-state index contributed by atoms with van der Waals surface area (Å²) in [5.41, 5.74) is -3.33. The summed E-state index contributed by atoms with van der Waals surface area (Å²) in [6.45, 7) is 0. The molecular formula is C16H10F5NO3. The van der Waals surface area contributed by atoms with E-state index in [2.05, 4.69) is 10.1 Å². The van der Waals surface area contributed by atoms with E-state index in [-0.39, 0.29) is 12.0 Å². The van der Waals surface area contributed by atoms with Crippen molar-refractivity contribution in [1.82, 2.24) is 0 Å². The van der Waals surface area contributed by atoms with Gasteiger partial charge >= 0.3 is 12.1 Å². The fourth-order valence-corrected chi connectivity index (χ4v) is 2.08. The highest BCUT2D eigenvalue weighted by atomic mass is 19.4. The van der Waals surface area contributed by atoms with Crippen molar-refractivity contribution in [1.29, 1.82) is 0 Å². The topological polar surface area (TPSA) is 55.4 Å². The molecule has 2 rings (SSSR count). The van der Waals surface area contributed by atoms with E-state index >= 15 is 0 Å². The zero-order chi connectivity index (χ0) is 18.8. The fourth-order valence-electron chi connectivity index (χ4n) is 2.08. The molecule has 2 aromatic carbocycles. The molecule has 0 aliphatic heterocycles. The zero-order valence-corrected chi connectivity index (χ0v) is 12.6. The first-order chi connectivity index (χ1) is 11.7. The third-order valence-corrected chi connectivity index (χ3v) is 3.26. The second-order valence-corrected chi connectivity index (χ2v) is 4.81. The number of aldehydes is 1. The number of nitrogens with one attached hydrogen (secondary N) is 1. The van der Waals surface area contributed by atoms with Gasteiger partial charge in [0.1, 0.15) is 11.6 Å². The van der Waals surface area contributed by atoms with Gasteiger partial charge < -0.3 is 10.1 Å². The van der Waals surface area contributed by atoms with Gasteiger partial charge in [0.2, 0.25) is 0 Å². The standard InChI is InChI=1S/C16H10F5NO3/c1-25-15(24)8-5-12(18)10(16(19,20)21)6-14(8)22-13-4-2-3-11(17)9(13)7-23/h2-7,22H,1H3. The molecule has 0 fully saturated rings. The molecule has 0 amide bonds. The lowest BCUT2D eigenvalue weighted by atomic mass is 10.1. The fraction of sp³-hybridized carbons (Fsp3) is 0.125. The van der Waals surface area contributed by atoms with Gasteiger partial charge in [-0.1, -0.05) is 6.07 Å². The van der Waals surface area contributed by atoms with Crippen LogP contribution in [0.4, 0.5) is 33.3 Å². The van der Waals surface area contributed by atoms with E-state index in [0.717, 1.165) is 13.2 Å². The molecule has 0 spiro atoms. The van der Waals surface area contributed by atoms with E-state index in [1.165, 1.54) is 12.1 Å². The van der Waals surface area contributed by atoms with Gasteiger partial charge in [0.25, 0.3) is 0 Å². The number of methoxy groups -OCH3 is 1. The van der Waals surface area contributed by atoms with Crippen molar-refractivity contribution in [2.24, 2.45) is 0 Å². The van der Waals surface area contributed by atoms with Crippen molar-refractivity contribution in [3.8, 4) is 0 Å². The molecule has 132 valence electrons. The number of alkyl halides is 3. The van der Waals surface area contributed by atoms with Gasteiger partial charge in [0.15, 0.2) is 6.29 Å². The van der Waals surface area contributed by atoms with Crippen LogP contribution in [-0.4, -0.2) is 19.4 Å². The summed E-state index contributed by atoms with van der Waals surface area (Å²) >= 11 is 0. The van der Waals surface area contributed by atoms with E-state index in [0.29, 0.717) is 12.1 Å². The molecule has 2 aromatic rings. The first-order valence-electron chi connectivity index (χ1n) is 6.68. The maximum atomic E-state index is 13.7. The number of rotatable bonds is 4. The molecule has 0 unspecified atom stereocenters. The van der Waals surface area contributed by atoms with Crippen LogP contribution in [0.3, 0.4) is 0 Å². The summed E-state index contributed by atoms with van der Waals surface area (Å²) < 4.78 is 70.4. The lowest BCUT2D eigenvalue weighted by Gasteiger charge is -2.16. The van der Waals surface area contributed by atoms with Crippen molar-refractivity contribution in [3.63, 3.8) is 0 Å². The van der Waals surface area contributed by atoms with Crippen molar-refractivity contribution in [2.45, 2.75) is 6.18 Å². The number of benzene rings is 2. The Bertz CT molecular complexity index is 833. The van der Waals surface area contributed by atoms with Crippen LogP contribution in [0.1, 0.15) is 26.3 Å². The van der Waals surface area contributed by atoms with Crippen LogP contribution in [0.5, 0.6) is 0 Å². The van der Waals surface area contributed by atoms with Crippen LogP contribution in [0.25, 0.3) is 0 Å². The van der Waals surface area contributed by atoms with E-state index < -0.39 is 46.2 Å². The number of hydrogen-bond acceptors (Lipinski definition) is 4. The Morgan fingerprint density at radius 1 is 1.12 bits per heavy atom. The number of halogens is 5. The molecular weight excluding hydrogens is 349 g/mol. The molecule has 0 atom stereocenters. The van der Waals surface area contributed by atoms with Crippen LogP contribution in [0.2, 0.25) is 0 Å². The summed E-state index contributed by atoms with van der Waals surface area (Å²) in [5, 5.41) is 2.35. The predicted molar refractivity (Wildman–Crippen MR) is 77.8 cm³/mol. The maximum Gasteiger partial charge on any atom is 0.419 e. The Balaban J connectivity index is 2.64. The molecule has 0 heterocycles. The van der Waals surface area contributed by atoms with Gasteiger partial charge in [-0.25, -0.2) is 13.6 Å². The lowest BCUT2D eigenvalue weighted by Crippen LogP contribution is -2.13. The predicted octanol–water partition coefficient (Wildman–Crippen LogP) is 4.33. The van der Waals surface area contributed by atoms with Crippen LogP contribution in [-0.2, 0) is 10.9 Å². The van der Waals surface area contributed by atoms with Crippen molar-refractivity contribution < 1.29 is 36.3 Å². The molecule has 1 N–H and O–H groups in total. The molecule has 0 aromatic heterocycles. The van der Waals surface area contributed by atoms with Crippen LogP contribution in [0, 0.1) is 11.6 Å². The summed E-state index contributed by atoms with van der Waals surface area (Å²) in [4.78, 5) is 22.7. The Labute approximate surface area is 138 Å². The highest BCUT2D eigenvalue weighted by molar-refractivity contribution is 5.97. The van der Waals surface area contributed by atoms with Crippen molar-refractivity contribution >= 4 is 23.6 Å². The Hall–Kier alpha value is -2.97. The van der Waals surface area contributed by atoms with Gasteiger partial charge in [0, 0.05) is 0 Å². The van der Waals surface area contributed by atoms with Gasteiger partial charge in [0.05, 0.1) is 35.2 Å².